The van der Waals surface area contributed by atoms with Crippen LogP contribution >= 0.6 is 0 Å². The molecule has 0 radical (unpaired) electrons. The van der Waals surface area contributed by atoms with Gasteiger partial charge in [-0.15, -0.1) is 0 Å². The Morgan fingerprint density at radius 1 is 1.22 bits per heavy atom. The zero-order valence-corrected chi connectivity index (χ0v) is 15.6. The van der Waals surface area contributed by atoms with Crippen molar-refractivity contribution in [2.24, 2.45) is 5.92 Å². The Labute approximate surface area is 158 Å². The number of nitrogens with one attached hydrogen (secondary N) is 1. The van der Waals surface area contributed by atoms with E-state index in [0.29, 0.717) is 12.0 Å². The number of amides is 1. The zero-order valence-electron chi connectivity index (χ0n) is 15.6. The molecule has 6 heteroatoms. The van der Waals surface area contributed by atoms with Crippen LogP contribution < -0.4 is 10.2 Å². The highest BCUT2D eigenvalue weighted by molar-refractivity contribution is 6.03. The molecule has 0 bridgehead atoms. The predicted octanol–water partition coefficient (Wildman–Crippen LogP) is 2.53. The van der Waals surface area contributed by atoms with Crippen LogP contribution in [0.3, 0.4) is 0 Å². The first kappa shape index (κ1) is 20.7. The monoisotopic (exact) mass is 372 g/mol. The van der Waals surface area contributed by atoms with Gasteiger partial charge in [-0.2, -0.15) is 0 Å². The van der Waals surface area contributed by atoms with Crippen molar-refractivity contribution in [1.82, 2.24) is 5.32 Å². The number of hydrogen-bond acceptors (Lipinski definition) is 4. The van der Waals surface area contributed by atoms with E-state index >= 15 is 0 Å². The maximum atomic E-state index is 12.9. The van der Waals surface area contributed by atoms with Crippen LogP contribution in [0.15, 0.2) is 54.6 Å². The van der Waals surface area contributed by atoms with Crippen LogP contribution in [0, 0.1) is 11.7 Å². The van der Waals surface area contributed by atoms with Gasteiger partial charge in [0.25, 0.3) is 0 Å². The summed E-state index contributed by atoms with van der Waals surface area (Å²) in [5.41, 5.74) is 0.515. The highest BCUT2D eigenvalue weighted by Gasteiger charge is 2.51. The van der Waals surface area contributed by atoms with Crippen molar-refractivity contribution in [1.29, 1.82) is 0 Å². The molecule has 0 aliphatic carbocycles. The molecule has 1 fully saturated rings. The van der Waals surface area contributed by atoms with E-state index in [2.05, 4.69) is 17.4 Å². The molecule has 2 aromatic carbocycles. The molecule has 0 aromatic heterocycles. The largest absolute Gasteiger partial charge is 0.393 e. The van der Waals surface area contributed by atoms with Crippen LogP contribution in [0.1, 0.15) is 18.9 Å². The summed E-state index contributed by atoms with van der Waals surface area (Å²) in [6.07, 6.45) is 0.794. The first-order valence-corrected chi connectivity index (χ1v) is 8.83. The lowest BCUT2D eigenvalue weighted by Gasteiger charge is -2.34. The summed E-state index contributed by atoms with van der Waals surface area (Å²) in [4.78, 5) is 24.6. The minimum Gasteiger partial charge on any atom is -0.393 e. The molecule has 1 aliphatic heterocycles. The summed E-state index contributed by atoms with van der Waals surface area (Å²) >= 11 is 0. The summed E-state index contributed by atoms with van der Waals surface area (Å²) in [5, 5.41) is 12.6. The van der Waals surface area contributed by atoms with E-state index in [9.17, 15) is 19.1 Å². The van der Waals surface area contributed by atoms with Gasteiger partial charge >= 0.3 is 0 Å². The van der Waals surface area contributed by atoms with Gasteiger partial charge in [0.15, 0.2) is 0 Å². The van der Waals surface area contributed by atoms with Crippen LogP contribution in [0.4, 0.5) is 10.1 Å². The normalized spacial score (nSPS) is 21.6. The first-order chi connectivity index (χ1) is 13.0. The molecule has 27 heavy (non-hydrogen) atoms. The van der Waals surface area contributed by atoms with Crippen molar-refractivity contribution in [3.05, 3.63) is 66.0 Å². The number of anilines is 1. The SMILES string of the molecule is CC1CC(=O)N(c2ccc(F)cc2)C1(C=O)CO.CNCc1ccccc1. The van der Waals surface area contributed by atoms with E-state index in [1.807, 2.05) is 25.2 Å². The lowest BCUT2D eigenvalue weighted by Crippen LogP contribution is -2.53. The third-order valence-electron chi connectivity index (χ3n) is 4.77. The molecule has 0 saturated carbocycles. The Bertz CT molecular complexity index is 752. The summed E-state index contributed by atoms with van der Waals surface area (Å²) < 4.78 is 12.9. The molecule has 3 rings (SSSR count). The highest BCUT2D eigenvalue weighted by atomic mass is 19.1. The average molecular weight is 372 g/mol. The molecule has 1 aliphatic rings. The number of aliphatic hydroxyl groups is 1. The molecule has 2 aromatic rings. The summed E-state index contributed by atoms with van der Waals surface area (Å²) in [6.45, 7) is 2.26. The third-order valence-corrected chi connectivity index (χ3v) is 4.77. The van der Waals surface area contributed by atoms with E-state index in [1.54, 1.807) is 6.92 Å². The number of carbonyl (C=O) groups excluding carboxylic acids is 2. The van der Waals surface area contributed by atoms with Crippen LogP contribution in [0.5, 0.6) is 0 Å². The van der Waals surface area contributed by atoms with Crippen molar-refractivity contribution in [3.8, 4) is 0 Å². The number of aliphatic hydroxyl groups excluding tert-OH is 1. The number of carbonyl (C=O) groups is 2. The molecule has 0 spiro atoms. The van der Waals surface area contributed by atoms with E-state index < -0.39 is 18.0 Å². The molecule has 144 valence electrons. The molecule has 1 heterocycles. The number of nitrogens with zero attached hydrogens (tertiary/aromatic N) is 1. The van der Waals surface area contributed by atoms with Crippen LogP contribution in [0.2, 0.25) is 0 Å². The number of rotatable bonds is 5. The van der Waals surface area contributed by atoms with E-state index in [-0.39, 0.29) is 18.2 Å². The fraction of sp³-hybridized carbons (Fsp3) is 0.333. The molecule has 2 N–H and O–H groups in total. The molecular weight excluding hydrogens is 347 g/mol. The standard InChI is InChI=1S/C13H14FNO3.C8H11N/c1-9-6-12(18)15(13(9,7-16)8-17)11-4-2-10(14)3-5-11;1-9-7-8-5-3-2-4-6-8/h2-5,7,9,17H,6,8H2,1H3;2-6,9H,7H2,1H3. The highest BCUT2D eigenvalue weighted by Crippen LogP contribution is 2.37. The van der Waals surface area contributed by atoms with Crippen LogP contribution in [0.25, 0.3) is 0 Å². The fourth-order valence-corrected chi connectivity index (χ4v) is 3.19. The third kappa shape index (κ3) is 4.59. The van der Waals surface area contributed by atoms with E-state index in [1.165, 1.54) is 34.7 Å². The number of aldehydes is 1. The van der Waals surface area contributed by atoms with Crippen molar-refractivity contribution in [2.45, 2.75) is 25.4 Å². The van der Waals surface area contributed by atoms with Gasteiger partial charge in [0.05, 0.1) is 6.61 Å². The number of benzene rings is 2. The van der Waals surface area contributed by atoms with Gasteiger partial charge in [-0.25, -0.2) is 4.39 Å². The summed E-state index contributed by atoms with van der Waals surface area (Å²) in [5.74, 6) is -0.938. The lowest BCUT2D eigenvalue weighted by molar-refractivity contribution is -0.120. The van der Waals surface area contributed by atoms with Crippen molar-refractivity contribution in [2.75, 3.05) is 18.6 Å². The fourth-order valence-electron chi connectivity index (χ4n) is 3.19. The Morgan fingerprint density at radius 2 is 1.85 bits per heavy atom. The van der Waals surface area contributed by atoms with Gasteiger partial charge in [-0.3, -0.25) is 9.69 Å². The number of hydrogen-bond donors (Lipinski definition) is 2. The smallest absolute Gasteiger partial charge is 0.228 e. The number of halogens is 1. The Morgan fingerprint density at radius 3 is 2.37 bits per heavy atom. The minimum absolute atomic E-state index is 0.191. The summed E-state index contributed by atoms with van der Waals surface area (Å²) in [6, 6.07) is 15.6. The van der Waals surface area contributed by atoms with Gasteiger partial charge in [-0.05, 0) is 42.8 Å². The lowest BCUT2D eigenvalue weighted by atomic mass is 9.88. The van der Waals surface area contributed by atoms with Crippen molar-refractivity contribution >= 4 is 17.9 Å². The van der Waals surface area contributed by atoms with E-state index in [4.69, 9.17) is 0 Å². The van der Waals surface area contributed by atoms with Crippen LogP contribution in [-0.2, 0) is 16.1 Å². The van der Waals surface area contributed by atoms with Gasteiger partial charge in [0.2, 0.25) is 5.91 Å². The second-order valence-electron chi connectivity index (χ2n) is 6.59. The van der Waals surface area contributed by atoms with Crippen LogP contribution in [-0.4, -0.2) is 36.5 Å². The topological polar surface area (TPSA) is 69.6 Å². The quantitative estimate of drug-likeness (QED) is 0.792. The van der Waals surface area contributed by atoms with Gasteiger partial charge in [0, 0.05) is 18.7 Å². The summed E-state index contributed by atoms with van der Waals surface area (Å²) in [7, 11) is 1.95. The van der Waals surface area contributed by atoms with Gasteiger partial charge in [0.1, 0.15) is 17.6 Å². The van der Waals surface area contributed by atoms with Crippen molar-refractivity contribution < 1.29 is 19.1 Å². The Kier molecular flexibility index (Phi) is 7.21. The Hall–Kier alpha value is -2.57. The Balaban J connectivity index is 0.000000244. The maximum absolute atomic E-state index is 12.9. The predicted molar refractivity (Wildman–Crippen MR) is 103 cm³/mol. The molecule has 1 saturated heterocycles. The van der Waals surface area contributed by atoms with Crippen molar-refractivity contribution in [3.63, 3.8) is 0 Å². The van der Waals surface area contributed by atoms with E-state index in [0.717, 1.165) is 6.54 Å². The minimum atomic E-state index is -1.24. The van der Waals surface area contributed by atoms with Gasteiger partial charge < -0.3 is 15.2 Å². The second-order valence-corrected chi connectivity index (χ2v) is 6.59. The average Bonchev–Trinajstić information content (AvgIpc) is 2.94. The molecule has 5 nitrogen and oxygen atoms in total. The first-order valence-electron chi connectivity index (χ1n) is 8.83. The second kappa shape index (κ2) is 9.39. The maximum Gasteiger partial charge on any atom is 0.228 e. The molecule has 2 unspecified atom stereocenters. The molecular formula is C21H25FN2O3. The molecule has 1 amide bonds. The van der Waals surface area contributed by atoms with Gasteiger partial charge in [-0.1, -0.05) is 37.3 Å². The molecule has 2 atom stereocenters. The zero-order chi connectivity index (χ0) is 19.9.